The normalized spacial score (nSPS) is 22.1. The molecule has 3 aliphatic rings. The molecule has 8 nitrogen and oxygen atoms in total. The highest BCUT2D eigenvalue weighted by molar-refractivity contribution is 5.99. The molecule has 5 rings (SSSR count). The van der Waals surface area contributed by atoms with Gasteiger partial charge in [-0.25, -0.2) is 9.18 Å². The van der Waals surface area contributed by atoms with Crippen molar-refractivity contribution in [2.24, 2.45) is 10.6 Å². The standard InChI is InChI=1S/C21H23FN4O4/c1-24-9-21(10-24)11-25(8-18(21)23-30-2)17-6-16-13(5-15(17)22)19(27)14(20(28)29)7-26(16)12-3-4-12/h5-7,12H,3-4,8-11H2,1-2H3,(H,28,29). The lowest BCUT2D eigenvalue weighted by atomic mass is 9.78. The Kier molecular flexibility index (Phi) is 4.15. The number of halogens is 1. The van der Waals surface area contributed by atoms with Gasteiger partial charge in [-0.1, -0.05) is 5.16 Å². The van der Waals surface area contributed by atoms with Crippen LogP contribution in [0.3, 0.4) is 0 Å². The summed E-state index contributed by atoms with van der Waals surface area (Å²) in [6.07, 6.45) is 3.22. The summed E-state index contributed by atoms with van der Waals surface area (Å²) in [6.45, 7) is 2.72. The number of benzene rings is 1. The molecule has 0 bridgehead atoms. The molecular weight excluding hydrogens is 391 g/mol. The number of carboxylic acids is 1. The van der Waals surface area contributed by atoms with Gasteiger partial charge in [-0.2, -0.15) is 0 Å². The van der Waals surface area contributed by atoms with Gasteiger partial charge in [0, 0.05) is 37.3 Å². The summed E-state index contributed by atoms with van der Waals surface area (Å²) in [6, 6.07) is 3.01. The molecule has 1 aromatic heterocycles. The highest BCUT2D eigenvalue weighted by atomic mass is 19.1. The summed E-state index contributed by atoms with van der Waals surface area (Å²) in [7, 11) is 3.54. The fourth-order valence-corrected chi connectivity index (χ4v) is 4.94. The van der Waals surface area contributed by atoms with Crippen LogP contribution >= 0.6 is 0 Å². The van der Waals surface area contributed by atoms with Gasteiger partial charge in [0.05, 0.1) is 28.9 Å². The van der Waals surface area contributed by atoms with Gasteiger partial charge in [0.25, 0.3) is 0 Å². The van der Waals surface area contributed by atoms with Crippen molar-refractivity contribution in [1.82, 2.24) is 9.47 Å². The number of aromatic carboxylic acids is 1. The van der Waals surface area contributed by atoms with Crippen molar-refractivity contribution in [3.8, 4) is 0 Å². The first-order valence-electron chi connectivity index (χ1n) is 9.99. The van der Waals surface area contributed by atoms with E-state index < -0.39 is 17.2 Å². The fourth-order valence-electron chi connectivity index (χ4n) is 4.94. The minimum Gasteiger partial charge on any atom is -0.477 e. The van der Waals surface area contributed by atoms with E-state index in [0.717, 1.165) is 31.6 Å². The number of fused-ring (bicyclic) bond motifs is 1. The Balaban J connectivity index is 1.63. The third kappa shape index (κ3) is 2.79. The van der Waals surface area contributed by atoms with Gasteiger partial charge in [-0.3, -0.25) is 4.79 Å². The molecule has 0 radical (unpaired) electrons. The van der Waals surface area contributed by atoms with E-state index in [2.05, 4.69) is 10.1 Å². The first kappa shape index (κ1) is 19.0. The SMILES string of the molecule is CON=C1CN(c2cc3c(cc2F)c(=O)c(C(=O)O)cn3C2CC2)CC12CN(C)C2. The number of oxime groups is 1. The summed E-state index contributed by atoms with van der Waals surface area (Å²) >= 11 is 0. The van der Waals surface area contributed by atoms with Gasteiger partial charge in [0.2, 0.25) is 5.43 Å². The quantitative estimate of drug-likeness (QED) is 0.770. The number of carboxylic acid groups (broad SMARTS) is 1. The predicted octanol–water partition coefficient (Wildman–Crippen LogP) is 1.93. The average molecular weight is 414 g/mol. The second-order valence-electron chi connectivity index (χ2n) is 8.67. The Morgan fingerprint density at radius 2 is 2.03 bits per heavy atom. The van der Waals surface area contributed by atoms with Crippen LogP contribution in [0.4, 0.5) is 10.1 Å². The van der Waals surface area contributed by atoms with Crippen LogP contribution < -0.4 is 10.3 Å². The molecule has 3 heterocycles. The number of rotatable bonds is 4. The van der Waals surface area contributed by atoms with Gasteiger partial charge < -0.3 is 24.3 Å². The summed E-state index contributed by atoms with van der Waals surface area (Å²) in [4.78, 5) is 33.3. The number of hydrogen-bond donors (Lipinski definition) is 1. The van der Waals surface area contributed by atoms with Crippen LogP contribution in [0.1, 0.15) is 29.2 Å². The van der Waals surface area contributed by atoms with Crippen LogP contribution in [0, 0.1) is 11.2 Å². The minimum absolute atomic E-state index is 0.103. The maximum absolute atomic E-state index is 15.2. The lowest BCUT2D eigenvalue weighted by Gasteiger charge is -2.45. The van der Waals surface area contributed by atoms with Crippen molar-refractivity contribution in [2.75, 3.05) is 45.2 Å². The van der Waals surface area contributed by atoms with E-state index in [1.165, 1.54) is 19.4 Å². The van der Waals surface area contributed by atoms with Crippen molar-refractivity contribution in [3.63, 3.8) is 0 Å². The van der Waals surface area contributed by atoms with E-state index in [-0.39, 0.29) is 22.4 Å². The average Bonchev–Trinajstić information content (AvgIpc) is 3.44. The van der Waals surface area contributed by atoms with Crippen LogP contribution in [-0.2, 0) is 4.84 Å². The molecule has 0 amide bonds. The van der Waals surface area contributed by atoms with Crippen LogP contribution in [0.5, 0.6) is 0 Å². The number of pyridine rings is 1. The molecule has 1 aromatic carbocycles. The Hall–Kier alpha value is -2.94. The highest BCUT2D eigenvalue weighted by Gasteiger charge is 2.52. The van der Waals surface area contributed by atoms with Crippen LogP contribution in [0.15, 0.2) is 28.3 Å². The molecule has 30 heavy (non-hydrogen) atoms. The van der Waals surface area contributed by atoms with E-state index in [1.54, 1.807) is 6.07 Å². The maximum Gasteiger partial charge on any atom is 0.341 e. The van der Waals surface area contributed by atoms with Crippen LogP contribution in [0.25, 0.3) is 10.9 Å². The number of aromatic nitrogens is 1. The van der Waals surface area contributed by atoms with Crippen molar-refractivity contribution in [1.29, 1.82) is 0 Å². The number of hydrogen-bond acceptors (Lipinski definition) is 6. The van der Waals surface area contributed by atoms with Gasteiger partial charge in [-0.05, 0) is 32.0 Å². The Morgan fingerprint density at radius 3 is 2.63 bits per heavy atom. The molecule has 2 aromatic rings. The third-order valence-corrected chi connectivity index (χ3v) is 6.41. The minimum atomic E-state index is -1.29. The molecule has 9 heteroatoms. The molecule has 1 spiro atoms. The zero-order valence-electron chi connectivity index (χ0n) is 16.9. The first-order chi connectivity index (χ1) is 14.3. The van der Waals surface area contributed by atoms with Crippen molar-refractivity contribution < 1.29 is 19.1 Å². The van der Waals surface area contributed by atoms with Crippen molar-refractivity contribution in [3.05, 3.63) is 39.9 Å². The predicted molar refractivity (Wildman–Crippen MR) is 110 cm³/mol. The molecule has 1 saturated carbocycles. The second-order valence-corrected chi connectivity index (χ2v) is 8.67. The molecule has 2 saturated heterocycles. The zero-order valence-corrected chi connectivity index (χ0v) is 16.9. The summed E-state index contributed by atoms with van der Waals surface area (Å²) in [5, 5.41) is 13.7. The molecule has 0 atom stereocenters. The highest BCUT2D eigenvalue weighted by Crippen LogP contribution is 2.41. The number of carbonyl (C=O) groups is 1. The number of nitrogens with zero attached hydrogens (tertiary/aromatic N) is 4. The second kappa shape index (κ2) is 6.53. The van der Waals surface area contributed by atoms with Crippen LogP contribution in [-0.4, -0.2) is 66.6 Å². The molecule has 1 N–H and O–H groups in total. The molecule has 3 fully saturated rings. The van der Waals surface area contributed by atoms with Crippen molar-refractivity contribution >= 4 is 28.3 Å². The van der Waals surface area contributed by atoms with E-state index in [1.807, 2.05) is 16.5 Å². The van der Waals surface area contributed by atoms with Gasteiger partial charge >= 0.3 is 5.97 Å². The van der Waals surface area contributed by atoms with Gasteiger partial charge in [0.15, 0.2) is 0 Å². The summed E-state index contributed by atoms with van der Waals surface area (Å²) < 4.78 is 17.0. The maximum atomic E-state index is 15.2. The van der Waals surface area contributed by atoms with Gasteiger partial charge in [0.1, 0.15) is 18.5 Å². The molecular formula is C21H23FN4O4. The Morgan fingerprint density at radius 1 is 1.30 bits per heavy atom. The first-order valence-corrected chi connectivity index (χ1v) is 9.99. The van der Waals surface area contributed by atoms with E-state index in [4.69, 9.17) is 4.84 Å². The smallest absolute Gasteiger partial charge is 0.341 e. The lowest BCUT2D eigenvalue weighted by molar-refractivity contribution is 0.0695. The fraction of sp³-hybridized carbons (Fsp3) is 0.476. The third-order valence-electron chi connectivity index (χ3n) is 6.41. The lowest BCUT2D eigenvalue weighted by Crippen LogP contribution is -2.59. The number of anilines is 1. The van der Waals surface area contributed by atoms with E-state index in [9.17, 15) is 14.7 Å². The monoisotopic (exact) mass is 414 g/mol. The summed E-state index contributed by atoms with van der Waals surface area (Å²) in [5.41, 5.74) is 0.725. The van der Waals surface area contributed by atoms with Crippen LogP contribution in [0.2, 0.25) is 0 Å². The number of likely N-dealkylation sites (tertiary alicyclic amines) is 1. The Bertz CT molecular complexity index is 1150. The molecule has 158 valence electrons. The molecule has 1 aliphatic carbocycles. The molecule has 2 aliphatic heterocycles. The Labute approximate surface area is 172 Å². The van der Waals surface area contributed by atoms with E-state index in [0.29, 0.717) is 24.3 Å². The van der Waals surface area contributed by atoms with Crippen molar-refractivity contribution in [2.45, 2.75) is 18.9 Å². The van der Waals surface area contributed by atoms with E-state index >= 15 is 4.39 Å². The summed E-state index contributed by atoms with van der Waals surface area (Å²) in [5.74, 6) is -1.83. The topological polar surface area (TPSA) is 87.4 Å². The van der Waals surface area contributed by atoms with Gasteiger partial charge in [-0.15, -0.1) is 0 Å². The molecule has 0 unspecified atom stereocenters. The largest absolute Gasteiger partial charge is 0.477 e. The zero-order chi connectivity index (χ0) is 21.2.